The van der Waals surface area contributed by atoms with E-state index in [4.69, 9.17) is 4.52 Å². The second kappa shape index (κ2) is 9.47. The van der Waals surface area contributed by atoms with Gasteiger partial charge in [0.25, 0.3) is 11.6 Å². The quantitative estimate of drug-likeness (QED) is 0.343. The summed E-state index contributed by atoms with van der Waals surface area (Å²) >= 11 is 1.34. The molecule has 174 valence electrons. The summed E-state index contributed by atoms with van der Waals surface area (Å²) in [4.78, 5) is 33.5. The summed E-state index contributed by atoms with van der Waals surface area (Å²) in [5.41, 5.74) is 5.49. The van der Waals surface area contributed by atoms with E-state index in [1.54, 1.807) is 13.0 Å². The first kappa shape index (κ1) is 22.4. The number of nitrogens with zero attached hydrogens (tertiary/aromatic N) is 3. The van der Waals surface area contributed by atoms with Crippen molar-refractivity contribution in [3.05, 3.63) is 82.9 Å². The highest BCUT2D eigenvalue weighted by Gasteiger charge is 2.20. The third-order valence-corrected chi connectivity index (χ3v) is 6.20. The second-order valence-corrected chi connectivity index (χ2v) is 8.83. The number of anilines is 1. The molecule has 2 amide bonds. The summed E-state index contributed by atoms with van der Waals surface area (Å²) in [7, 11) is 0. The highest BCUT2D eigenvalue weighted by atomic mass is 32.1. The van der Waals surface area contributed by atoms with E-state index in [0.717, 1.165) is 22.4 Å². The number of carbonyl (C=O) groups is 2. The van der Waals surface area contributed by atoms with Gasteiger partial charge in [-0.1, -0.05) is 59.8 Å². The van der Waals surface area contributed by atoms with Crippen molar-refractivity contribution < 1.29 is 14.1 Å². The number of fused-ring (bicyclic) bond motifs is 1. The van der Waals surface area contributed by atoms with Crippen molar-refractivity contribution >= 4 is 39.4 Å². The van der Waals surface area contributed by atoms with Crippen LogP contribution in [0.2, 0.25) is 0 Å². The van der Waals surface area contributed by atoms with Crippen LogP contribution in [0.15, 0.2) is 70.6 Å². The third-order valence-electron chi connectivity index (χ3n) is 5.45. The van der Waals surface area contributed by atoms with Gasteiger partial charge in [0.1, 0.15) is 0 Å². The number of thiazole rings is 1. The average Bonchev–Trinajstić information content (AvgIpc) is 3.49. The number of hydrogen-bond donors (Lipinski definition) is 2. The Bertz CT molecular complexity index is 1520. The van der Waals surface area contributed by atoms with E-state index in [-0.39, 0.29) is 11.8 Å². The van der Waals surface area contributed by atoms with E-state index < -0.39 is 0 Å². The van der Waals surface area contributed by atoms with Crippen molar-refractivity contribution in [3.8, 4) is 22.5 Å². The molecular formula is C26H21N5O3S. The summed E-state index contributed by atoms with van der Waals surface area (Å²) in [5, 5.41) is 12.6. The molecule has 0 bridgehead atoms. The number of rotatable bonds is 6. The molecule has 0 atom stereocenters. The predicted octanol–water partition coefficient (Wildman–Crippen LogP) is 5.21. The van der Waals surface area contributed by atoms with Crippen LogP contribution in [0, 0.1) is 6.92 Å². The van der Waals surface area contributed by atoms with Gasteiger partial charge in [0.15, 0.2) is 5.13 Å². The molecule has 3 aromatic heterocycles. The first-order valence-electron chi connectivity index (χ1n) is 10.9. The maximum Gasteiger partial charge on any atom is 0.259 e. The third kappa shape index (κ3) is 4.80. The highest BCUT2D eigenvalue weighted by molar-refractivity contribution is 7.14. The van der Waals surface area contributed by atoms with Crippen LogP contribution in [-0.4, -0.2) is 26.9 Å². The van der Waals surface area contributed by atoms with E-state index in [9.17, 15) is 9.59 Å². The van der Waals surface area contributed by atoms with Crippen LogP contribution < -0.4 is 10.6 Å². The lowest BCUT2D eigenvalue weighted by Gasteiger charge is -2.07. The average molecular weight is 484 g/mol. The van der Waals surface area contributed by atoms with Crippen LogP contribution in [0.4, 0.5) is 5.13 Å². The zero-order valence-corrected chi connectivity index (χ0v) is 19.8. The van der Waals surface area contributed by atoms with Gasteiger partial charge in [-0.2, -0.15) is 0 Å². The molecular weight excluding hydrogens is 462 g/mol. The Morgan fingerprint density at radius 3 is 2.46 bits per heavy atom. The van der Waals surface area contributed by atoms with Crippen molar-refractivity contribution in [1.82, 2.24) is 20.4 Å². The molecule has 0 aliphatic carbocycles. The summed E-state index contributed by atoms with van der Waals surface area (Å²) in [5.74, 6) is -0.384. The number of pyridine rings is 1. The van der Waals surface area contributed by atoms with Crippen molar-refractivity contribution in [1.29, 1.82) is 0 Å². The van der Waals surface area contributed by atoms with Crippen LogP contribution in [0.3, 0.4) is 0 Å². The summed E-state index contributed by atoms with van der Waals surface area (Å²) < 4.78 is 5.38. The first-order valence-corrected chi connectivity index (χ1v) is 11.8. The minimum Gasteiger partial charge on any atom is -0.352 e. The number of carbonyl (C=O) groups excluding carboxylic acids is 2. The SMILES string of the molecule is CC(=O)NCc1ccc(-c2csc(NC(=O)c3cc(-c4ccccc4)nc4onc(C)c34)n2)cc1. The van der Waals surface area contributed by atoms with Crippen LogP contribution in [0.25, 0.3) is 33.6 Å². The number of benzene rings is 2. The highest BCUT2D eigenvalue weighted by Crippen LogP contribution is 2.29. The molecule has 0 aliphatic rings. The molecule has 3 heterocycles. The molecule has 9 heteroatoms. The fourth-order valence-corrected chi connectivity index (χ4v) is 4.39. The van der Waals surface area contributed by atoms with Gasteiger partial charge in [-0.15, -0.1) is 11.3 Å². The van der Waals surface area contributed by atoms with Crippen molar-refractivity contribution in [2.75, 3.05) is 5.32 Å². The monoisotopic (exact) mass is 483 g/mol. The minimum absolute atomic E-state index is 0.0716. The second-order valence-electron chi connectivity index (χ2n) is 7.97. The molecule has 5 aromatic rings. The minimum atomic E-state index is -0.313. The smallest absolute Gasteiger partial charge is 0.259 e. The molecule has 0 saturated heterocycles. The Morgan fingerprint density at radius 2 is 1.71 bits per heavy atom. The Hall–Kier alpha value is -4.37. The molecule has 8 nitrogen and oxygen atoms in total. The fraction of sp³-hybridized carbons (Fsp3) is 0.115. The lowest BCUT2D eigenvalue weighted by atomic mass is 10.1. The number of hydrogen-bond acceptors (Lipinski definition) is 7. The number of nitrogens with one attached hydrogen (secondary N) is 2. The van der Waals surface area contributed by atoms with E-state index >= 15 is 0 Å². The van der Waals surface area contributed by atoms with E-state index in [2.05, 4.69) is 25.8 Å². The van der Waals surface area contributed by atoms with Gasteiger partial charge in [0.2, 0.25) is 5.91 Å². The van der Waals surface area contributed by atoms with Crippen LogP contribution in [0.1, 0.15) is 28.5 Å². The molecule has 0 spiro atoms. The lowest BCUT2D eigenvalue weighted by molar-refractivity contribution is -0.119. The van der Waals surface area contributed by atoms with Gasteiger partial charge in [-0.25, -0.2) is 9.97 Å². The van der Waals surface area contributed by atoms with Crippen LogP contribution in [0.5, 0.6) is 0 Å². The maximum absolute atomic E-state index is 13.3. The predicted molar refractivity (Wildman–Crippen MR) is 135 cm³/mol. The molecule has 2 N–H and O–H groups in total. The maximum atomic E-state index is 13.3. The van der Waals surface area contributed by atoms with Crippen molar-refractivity contribution in [2.24, 2.45) is 0 Å². The normalized spacial score (nSPS) is 10.9. The van der Waals surface area contributed by atoms with Gasteiger partial charge >= 0.3 is 0 Å². The summed E-state index contributed by atoms with van der Waals surface area (Å²) in [6.45, 7) is 3.74. The van der Waals surface area contributed by atoms with Crippen LogP contribution in [-0.2, 0) is 11.3 Å². The molecule has 0 fully saturated rings. The largest absolute Gasteiger partial charge is 0.352 e. The zero-order valence-electron chi connectivity index (χ0n) is 19.0. The van der Waals surface area contributed by atoms with Gasteiger partial charge in [0.05, 0.1) is 28.0 Å². The molecule has 5 rings (SSSR count). The van der Waals surface area contributed by atoms with Gasteiger partial charge < -0.3 is 9.84 Å². The Kier molecular flexibility index (Phi) is 6.07. The first-order chi connectivity index (χ1) is 17.0. The number of aryl methyl sites for hydroxylation is 1. The van der Waals surface area contributed by atoms with Gasteiger partial charge in [0, 0.05) is 30.0 Å². The number of aromatic nitrogens is 3. The van der Waals surface area contributed by atoms with Crippen molar-refractivity contribution in [2.45, 2.75) is 20.4 Å². The molecule has 0 aliphatic heterocycles. The van der Waals surface area contributed by atoms with E-state index in [1.807, 2.05) is 60.0 Å². The van der Waals surface area contributed by atoms with E-state index in [0.29, 0.717) is 39.7 Å². The Morgan fingerprint density at radius 1 is 0.971 bits per heavy atom. The Balaban J connectivity index is 1.39. The molecule has 2 aromatic carbocycles. The molecule has 0 radical (unpaired) electrons. The summed E-state index contributed by atoms with van der Waals surface area (Å²) in [6, 6.07) is 19.1. The lowest BCUT2D eigenvalue weighted by Crippen LogP contribution is -2.18. The molecule has 35 heavy (non-hydrogen) atoms. The van der Waals surface area contributed by atoms with Gasteiger partial charge in [-0.05, 0) is 18.6 Å². The fourth-order valence-electron chi connectivity index (χ4n) is 3.68. The molecule has 0 unspecified atom stereocenters. The standard InChI is InChI=1S/C26H21N5O3S/c1-15-23-20(12-21(28-25(23)34-31-15)18-6-4-3-5-7-18)24(33)30-26-29-22(14-35-26)19-10-8-17(9-11-19)13-27-16(2)32/h3-12,14H,13H2,1-2H3,(H,27,32)(H,29,30,33). The van der Waals surface area contributed by atoms with Crippen LogP contribution >= 0.6 is 11.3 Å². The summed E-state index contributed by atoms with van der Waals surface area (Å²) in [6.07, 6.45) is 0. The van der Waals surface area contributed by atoms with Crippen molar-refractivity contribution in [3.63, 3.8) is 0 Å². The number of amides is 2. The topological polar surface area (TPSA) is 110 Å². The zero-order chi connectivity index (χ0) is 24.4. The van der Waals surface area contributed by atoms with E-state index in [1.165, 1.54) is 18.3 Å². The van der Waals surface area contributed by atoms with Gasteiger partial charge in [-0.3, -0.25) is 14.9 Å². The Labute approximate surface area is 205 Å². The molecule has 0 saturated carbocycles.